The van der Waals surface area contributed by atoms with Gasteiger partial charge in [-0.25, -0.2) is 12.8 Å². The summed E-state index contributed by atoms with van der Waals surface area (Å²) in [5.41, 5.74) is 1.14. The second-order valence-electron chi connectivity index (χ2n) is 5.19. The van der Waals surface area contributed by atoms with Crippen LogP contribution in [0.15, 0.2) is 53.4 Å². The zero-order chi connectivity index (χ0) is 16.6. The van der Waals surface area contributed by atoms with Gasteiger partial charge in [0, 0.05) is 13.5 Å². The van der Waals surface area contributed by atoms with E-state index in [0.717, 1.165) is 15.9 Å². The van der Waals surface area contributed by atoms with Gasteiger partial charge in [0.2, 0.25) is 5.91 Å². The van der Waals surface area contributed by atoms with Crippen molar-refractivity contribution >= 4 is 21.6 Å². The van der Waals surface area contributed by atoms with E-state index in [-0.39, 0.29) is 6.42 Å². The van der Waals surface area contributed by atoms with Gasteiger partial charge in [-0.15, -0.1) is 0 Å². The van der Waals surface area contributed by atoms with E-state index < -0.39 is 32.7 Å². The molecule has 1 amide bonds. The number of rotatable bonds is 3. The van der Waals surface area contributed by atoms with Crippen LogP contribution in [0.2, 0.25) is 0 Å². The van der Waals surface area contributed by atoms with Crippen molar-refractivity contribution in [3.05, 3.63) is 59.9 Å². The molecule has 0 bridgehead atoms. The summed E-state index contributed by atoms with van der Waals surface area (Å²) in [5, 5.41) is 2.47. The lowest BCUT2D eigenvalue weighted by molar-refractivity contribution is -0.121. The minimum atomic E-state index is -4.19. The van der Waals surface area contributed by atoms with E-state index in [1.807, 2.05) is 0 Å². The van der Waals surface area contributed by atoms with Gasteiger partial charge in [0.1, 0.15) is 16.8 Å². The van der Waals surface area contributed by atoms with Gasteiger partial charge >= 0.3 is 0 Å². The van der Waals surface area contributed by atoms with Crippen LogP contribution in [0.4, 0.5) is 10.1 Å². The Morgan fingerprint density at radius 1 is 1.17 bits per heavy atom. The first-order valence-corrected chi connectivity index (χ1v) is 8.49. The summed E-state index contributed by atoms with van der Waals surface area (Å²) in [6.07, 6.45) is 0.254. The highest BCUT2D eigenvalue weighted by Gasteiger charge is 2.42. The molecule has 7 heteroatoms. The standard InChI is InChI=1S/C16H15FN2O3S/c1-18-16(20)14-10-11-6-2-4-8-13(11)19(14)23(21,22)15-9-5-3-7-12(15)17/h2-9,14H,10H2,1H3,(H,18,20). The van der Waals surface area contributed by atoms with Crippen LogP contribution in [-0.4, -0.2) is 27.4 Å². The van der Waals surface area contributed by atoms with Gasteiger partial charge in [-0.3, -0.25) is 9.10 Å². The minimum absolute atomic E-state index is 0.254. The Kier molecular flexibility index (Phi) is 3.81. The van der Waals surface area contributed by atoms with E-state index in [1.54, 1.807) is 24.3 Å². The van der Waals surface area contributed by atoms with Crippen LogP contribution in [0.25, 0.3) is 0 Å². The number of anilines is 1. The van der Waals surface area contributed by atoms with E-state index in [1.165, 1.54) is 25.2 Å². The molecule has 1 aliphatic heterocycles. The quantitative estimate of drug-likeness (QED) is 0.929. The van der Waals surface area contributed by atoms with Crippen molar-refractivity contribution in [1.82, 2.24) is 5.32 Å². The van der Waals surface area contributed by atoms with Gasteiger partial charge in [0.05, 0.1) is 5.69 Å². The third kappa shape index (κ3) is 2.46. The molecule has 0 spiro atoms. The predicted molar refractivity (Wildman–Crippen MR) is 84.1 cm³/mol. The van der Waals surface area contributed by atoms with E-state index in [9.17, 15) is 17.6 Å². The molecule has 23 heavy (non-hydrogen) atoms. The first-order valence-electron chi connectivity index (χ1n) is 7.05. The molecule has 2 aromatic carbocycles. The molecule has 0 aromatic heterocycles. The van der Waals surface area contributed by atoms with E-state index in [2.05, 4.69) is 5.32 Å². The molecule has 0 saturated carbocycles. The highest BCUT2D eigenvalue weighted by molar-refractivity contribution is 7.93. The van der Waals surface area contributed by atoms with Crippen LogP contribution in [-0.2, 0) is 21.2 Å². The van der Waals surface area contributed by atoms with E-state index in [4.69, 9.17) is 0 Å². The molecule has 1 atom stereocenters. The number of amides is 1. The number of nitrogens with zero attached hydrogens (tertiary/aromatic N) is 1. The van der Waals surface area contributed by atoms with Crippen LogP contribution in [0.3, 0.4) is 0 Å². The number of likely N-dealkylation sites (N-methyl/N-ethyl adjacent to an activating group) is 1. The summed E-state index contributed by atoms with van der Waals surface area (Å²) in [4.78, 5) is 11.7. The maximum absolute atomic E-state index is 14.0. The summed E-state index contributed by atoms with van der Waals surface area (Å²) in [7, 11) is -2.75. The molecule has 1 unspecified atom stereocenters. The molecule has 3 rings (SSSR count). The Balaban J connectivity index is 2.18. The average Bonchev–Trinajstić information content (AvgIpc) is 2.94. The average molecular weight is 334 g/mol. The lowest BCUT2D eigenvalue weighted by Crippen LogP contribution is -2.47. The molecular weight excluding hydrogens is 319 g/mol. The van der Waals surface area contributed by atoms with Crippen molar-refractivity contribution in [1.29, 1.82) is 0 Å². The van der Waals surface area contributed by atoms with Gasteiger partial charge in [-0.2, -0.15) is 0 Å². The van der Waals surface area contributed by atoms with Crippen molar-refractivity contribution in [2.24, 2.45) is 0 Å². The molecule has 5 nitrogen and oxygen atoms in total. The fraction of sp³-hybridized carbons (Fsp3) is 0.188. The second kappa shape index (κ2) is 5.66. The Morgan fingerprint density at radius 3 is 2.52 bits per heavy atom. The first-order chi connectivity index (χ1) is 11.0. The topological polar surface area (TPSA) is 66.5 Å². The number of nitrogens with one attached hydrogen (secondary N) is 1. The summed E-state index contributed by atoms with van der Waals surface area (Å²) in [6.45, 7) is 0. The largest absolute Gasteiger partial charge is 0.357 e. The van der Waals surface area contributed by atoms with E-state index in [0.29, 0.717) is 5.69 Å². The van der Waals surface area contributed by atoms with Crippen LogP contribution < -0.4 is 9.62 Å². The fourth-order valence-electron chi connectivity index (χ4n) is 2.78. The Labute approximate surface area is 133 Å². The smallest absolute Gasteiger partial charge is 0.267 e. The summed E-state index contributed by atoms with van der Waals surface area (Å²) < 4.78 is 40.9. The predicted octanol–water partition coefficient (Wildman–Crippen LogP) is 1.69. The molecule has 2 aromatic rings. The molecule has 1 N–H and O–H groups in total. The monoisotopic (exact) mass is 334 g/mol. The number of hydrogen-bond acceptors (Lipinski definition) is 3. The maximum Gasteiger partial charge on any atom is 0.267 e. The lowest BCUT2D eigenvalue weighted by atomic mass is 10.1. The number of fused-ring (bicyclic) bond motifs is 1. The minimum Gasteiger partial charge on any atom is -0.357 e. The van der Waals surface area contributed by atoms with E-state index >= 15 is 0 Å². The van der Waals surface area contributed by atoms with Gasteiger partial charge in [-0.1, -0.05) is 30.3 Å². The normalized spacial score (nSPS) is 17.0. The van der Waals surface area contributed by atoms with Gasteiger partial charge in [0.25, 0.3) is 10.0 Å². The molecule has 0 fully saturated rings. The number of benzene rings is 2. The third-order valence-corrected chi connectivity index (χ3v) is 5.70. The molecule has 1 heterocycles. The number of hydrogen-bond donors (Lipinski definition) is 1. The Morgan fingerprint density at radius 2 is 1.83 bits per heavy atom. The number of carbonyl (C=O) groups excluding carboxylic acids is 1. The maximum atomic E-state index is 14.0. The van der Waals surface area contributed by atoms with Crippen molar-refractivity contribution < 1.29 is 17.6 Å². The molecule has 0 radical (unpaired) electrons. The molecule has 0 aliphatic carbocycles. The van der Waals surface area contributed by atoms with Crippen molar-refractivity contribution in [3.63, 3.8) is 0 Å². The van der Waals surface area contributed by atoms with Crippen LogP contribution >= 0.6 is 0 Å². The molecule has 120 valence electrons. The Hall–Kier alpha value is -2.41. The lowest BCUT2D eigenvalue weighted by Gasteiger charge is -2.26. The number of halogens is 1. The Bertz CT molecular complexity index is 867. The zero-order valence-corrected chi connectivity index (χ0v) is 13.2. The molecule has 1 aliphatic rings. The van der Waals surface area contributed by atoms with Crippen molar-refractivity contribution in [3.8, 4) is 0 Å². The fourth-order valence-corrected chi connectivity index (χ4v) is 4.50. The van der Waals surface area contributed by atoms with Gasteiger partial charge < -0.3 is 5.32 Å². The van der Waals surface area contributed by atoms with Gasteiger partial charge in [0.15, 0.2) is 0 Å². The van der Waals surface area contributed by atoms with Crippen molar-refractivity contribution in [2.45, 2.75) is 17.4 Å². The van der Waals surface area contributed by atoms with Crippen molar-refractivity contribution in [2.75, 3.05) is 11.4 Å². The third-order valence-electron chi connectivity index (χ3n) is 3.85. The summed E-state index contributed by atoms with van der Waals surface area (Å²) in [6, 6.07) is 11.1. The SMILES string of the molecule is CNC(=O)C1Cc2ccccc2N1S(=O)(=O)c1ccccc1F. The van der Waals surface area contributed by atoms with Crippen LogP contribution in [0.5, 0.6) is 0 Å². The molecule has 0 saturated heterocycles. The zero-order valence-electron chi connectivity index (χ0n) is 12.4. The van der Waals surface area contributed by atoms with Crippen LogP contribution in [0, 0.1) is 5.82 Å². The summed E-state index contributed by atoms with van der Waals surface area (Å²) >= 11 is 0. The van der Waals surface area contributed by atoms with Gasteiger partial charge in [-0.05, 0) is 23.8 Å². The first kappa shape index (κ1) is 15.5. The number of para-hydroxylation sites is 1. The second-order valence-corrected chi connectivity index (χ2v) is 6.98. The number of carbonyl (C=O) groups is 1. The highest BCUT2D eigenvalue weighted by atomic mass is 32.2. The highest BCUT2D eigenvalue weighted by Crippen LogP contribution is 2.37. The molecular formula is C16H15FN2O3S. The summed E-state index contributed by atoms with van der Waals surface area (Å²) in [5.74, 6) is -1.27. The van der Waals surface area contributed by atoms with Crippen LogP contribution in [0.1, 0.15) is 5.56 Å². The number of sulfonamides is 1.